The van der Waals surface area contributed by atoms with E-state index in [0.717, 1.165) is 35.4 Å². The Hall–Kier alpha value is -1.68. The Labute approximate surface area is 133 Å². The molecular weight excluding hydrogens is 328 g/mol. The molecule has 2 aromatic rings. The third-order valence-corrected chi connectivity index (χ3v) is 4.42. The van der Waals surface area contributed by atoms with E-state index in [4.69, 9.17) is 10.5 Å². The van der Waals surface area contributed by atoms with E-state index < -0.39 is 0 Å². The number of halogens is 1. The second kappa shape index (κ2) is 5.98. The Bertz CT molecular complexity index is 657. The van der Waals surface area contributed by atoms with Crippen LogP contribution in [0, 0.1) is 0 Å². The summed E-state index contributed by atoms with van der Waals surface area (Å²) in [6.45, 7) is 1.88. The van der Waals surface area contributed by atoms with Crippen molar-refractivity contribution in [3.8, 4) is 5.75 Å². The first kappa shape index (κ1) is 14.3. The number of hydrogen-bond donors (Lipinski definition) is 1. The molecule has 4 heteroatoms. The van der Waals surface area contributed by atoms with E-state index in [1.807, 2.05) is 18.2 Å². The van der Waals surface area contributed by atoms with Gasteiger partial charge in [-0.1, -0.05) is 22.0 Å². The smallest absolute Gasteiger partial charge is 0.123 e. The molecule has 0 atom stereocenters. The molecule has 0 saturated heterocycles. The van der Waals surface area contributed by atoms with Crippen molar-refractivity contribution in [2.24, 2.45) is 0 Å². The van der Waals surface area contributed by atoms with E-state index in [9.17, 15) is 0 Å². The highest BCUT2D eigenvalue weighted by Crippen LogP contribution is 2.32. The van der Waals surface area contributed by atoms with Crippen molar-refractivity contribution in [2.75, 3.05) is 24.3 Å². The summed E-state index contributed by atoms with van der Waals surface area (Å²) in [5, 5.41) is 0. The standard InChI is InChI=1S/C17H19BrN2O/c1-21-17-7-5-14(18)9-13(17)11-20-8-2-3-12-4-6-15(19)10-16(12)20/h4-7,9-10H,2-3,8,11,19H2,1H3. The molecule has 0 radical (unpaired) electrons. The van der Waals surface area contributed by atoms with Gasteiger partial charge in [0.25, 0.3) is 0 Å². The molecule has 1 aliphatic rings. The highest BCUT2D eigenvalue weighted by Gasteiger charge is 2.18. The number of nitrogen functional groups attached to an aromatic ring is 1. The molecule has 110 valence electrons. The van der Waals surface area contributed by atoms with Crippen LogP contribution in [0.2, 0.25) is 0 Å². The quantitative estimate of drug-likeness (QED) is 0.854. The summed E-state index contributed by atoms with van der Waals surface area (Å²) < 4.78 is 6.55. The van der Waals surface area contributed by atoms with Gasteiger partial charge in [0.2, 0.25) is 0 Å². The van der Waals surface area contributed by atoms with Crippen molar-refractivity contribution in [3.63, 3.8) is 0 Å². The number of anilines is 2. The van der Waals surface area contributed by atoms with Crippen LogP contribution in [0.25, 0.3) is 0 Å². The Morgan fingerprint density at radius 3 is 2.90 bits per heavy atom. The third kappa shape index (κ3) is 3.00. The van der Waals surface area contributed by atoms with Crippen molar-refractivity contribution >= 4 is 27.3 Å². The second-order valence-electron chi connectivity index (χ2n) is 5.37. The van der Waals surface area contributed by atoms with Gasteiger partial charge in [-0.2, -0.15) is 0 Å². The number of hydrogen-bond acceptors (Lipinski definition) is 3. The average molecular weight is 347 g/mol. The van der Waals surface area contributed by atoms with Crippen molar-refractivity contribution in [1.29, 1.82) is 0 Å². The molecule has 0 amide bonds. The van der Waals surface area contributed by atoms with Crippen LogP contribution < -0.4 is 15.4 Å². The van der Waals surface area contributed by atoms with Crippen molar-refractivity contribution in [1.82, 2.24) is 0 Å². The molecule has 0 spiro atoms. The van der Waals surface area contributed by atoms with E-state index in [0.29, 0.717) is 0 Å². The first-order chi connectivity index (χ1) is 10.2. The molecule has 3 rings (SSSR count). The van der Waals surface area contributed by atoms with Crippen LogP contribution in [0.1, 0.15) is 17.5 Å². The predicted octanol–water partition coefficient (Wildman–Crippen LogP) is 3.99. The number of methoxy groups -OCH3 is 1. The van der Waals surface area contributed by atoms with Gasteiger partial charge in [0.15, 0.2) is 0 Å². The molecule has 1 aliphatic heterocycles. The van der Waals surface area contributed by atoms with Gasteiger partial charge in [-0.15, -0.1) is 0 Å². The maximum atomic E-state index is 5.96. The Morgan fingerprint density at radius 2 is 2.10 bits per heavy atom. The highest BCUT2D eigenvalue weighted by atomic mass is 79.9. The lowest BCUT2D eigenvalue weighted by Gasteiger charge is -2.32. The first-order valence-electron chi connectivity index (χ1n) is 7.13. The molecule has 0 aliphatic carbocycles. The lowest BCUT2D eigenvalue weighted by Crippen LogP contribution is -2.29. The van der Waals surface area contributed by atoms with Gasteiger partial charge in [0, 0.05) is 34.5 Å². The Kier molecular flexibility index (Phi) is 4.06. The summed E-state index contributed by atoms with van der Waals surface area (Å²) in [5.41, 5.74) is 10.6. The summed E-state index contributed by atoms with van der Waals surface area (Å²) in [4.78, 5) is 2.39. The lowest BCUT2D eigenvalue weighted by atomic mass is 10.0. The maximum absolute atomic E-state index is 5.96. The fourth-order valence-corrected chi connectivity index (χ4v) is 3.32. The number of benzene rings is 2. The van der Waals surface area contributed by atoms with E-state index in [-0.39, 0.29) is 0 Å². The normalized spacial score (nSPS) is 13.9. The summed E-state index contributed by atoms with van der Waals surface area (Å²) in [6.07, 6.45) is 2.30. The first-order valence-corrected chi connectivity index (χ1v) is 7.92. The molecular formula is C17H19BrN2O. The van der Waals surface area contributed by atoms with Gasteiger partial charge in [0.1, 0.15) is 5.75 Å². The maximum Gasteiger partial charge on any atom is 0.123 e. The van der Waals surface area contributed by atoms with Gasteiger partial charge in [-0.25, -0.2) is 0 Å². The molecule has 0 unspecified atom stereocenters. The predicted molar refractivity (Wildman–Crippen MR) is 90.9 cm³/mol. The highest BCUT2D eigenvalue weighted by molar-refractivity contribution is 9.10. The number of aryl methyl sites for hydroxylation is 1. The monoisotopic (exact) mass is 346 g/mol. The molecule has 1 heterocycles. The van der Waals surface area contributed by atoms with E-state index >= 15 is 0 Å². The van der Waals surface area contributed by atoms with Gasteiger partial charge in [0.05, 0.1) is 7.11 Å². The van der Waals surface area contributed by atoms with Crippen molar-refractivity contribution in [3.05, 3.63) is 52.0 Å². The lowest BCUT2D eigenvalue weighted by molar-refractivity contribution is 0.409. The fraction of sp³-hybridized carbons (Fsp3) is 0.294. The van der Waals surface area contributed by atoms with Crippen LogP contribution >= 0.6 is 15.9 Å². The number of ether oxygens (including phenoxy) is 1. The van der Waals surface area contributed by atoms with Gasteiger partial charge < -0.3 is 15.4 Å². The van der Waals surface area contributed by atoms with Gasteiger partial charge in [-0.05, 0) is 48.7 Å². The zero-order valence-corrected chi connectivity index (χ0v) is 13.7. The summed E-state index contributed by atoms with van der Waals surface area (Å²) >= 11 is 3.54. The molecule has 0 aromatic heterocycles. The van der Waals surface area contributed by atoms with Crippen LogP contribution in [0.3, 0.4) is 0 Å². The van der Waals surface area contributed by atoms with E-state index in [1.54, 1.807) is 7.11 Å². The van der Waals surface area contributed by atoms with Gasteiger partial charge in [-0.3, -0.25) is 0 Å². The minimum atomic E-state index is 0.821. The second-order valence-corrected chi connectivity index (χ2v) is 6.29. The molecule has 0 bridgehead atoms. The minimum absolute atomic E-state index is 0.821. The number of rotatable bonds is 3. The largest absolute Gasteiger partial charge is 0.496 e. The van der Waals surface area contributed by atoms with Crippen LogP contribution in [0.5, 0.6) is 5.75 Å². The molecule has 3 nitrogen and oxygen atoms in total. The fourth-order valence-electron chi connectivity index (χ4n) is 2.91. The van der Waals surface area contributed by atoms with Crippen molar-refractivity contribution in [2.45, 2.75) is 19.4 Å². The van der Waals surface area contributed by atoms with Gasteiger partial charge >= 0.3 is 0 Å². The molecule has 0 saturated carbocycles. The average Bonchev–Trinajstić information content (AvgIpc) is 2.48. The zero-order valence-electron chi connectivity index (χ0n) is 12.1. The minimum Gasteiger partial charge on any atom is -0.496 e. The Morgan fingerprint density at radius 1 is 1.24 bits per heavy atom. The summed E-state index contributed by atoms with van der Waals surface area (Å²) in [6, 6.07) is 12.4. The van der Waals surface area contributed by atoms with E-state index in [2.05, 4.69) is 39.0 Å². The van der Waals surface area contributed by atoms with Crippen LogP contribution in [-0.4, -0.2) is 13.7 Å². The molecule has 21 heavy (non-hydrogen) atoms. The van der Waals surface area contributed by atoms with Crippen molar-refractivity contribution < 1.29 is 4.74 Å². The summed E-state index contributed by atoms with van der Waals surface area (Å²) in [5.74, 6) is 0.925. The third-order valence-electron chi connectivity index (χ3n) is 3.93. The topological polar surface area (TPSA) is 38.5 Å². The van der Waals surface area contributed by atoms with Crippen LogP contribution in [-0.2, 0) is 13.0 Å². The number of fused-ring (bicyclic) bond motifs is 1. The zero-order chi connectivity index (χ0) is 14.8. The number of nitrogens with zero attached hydrogens (tertiary/aromatic N) is 1. The SMILES string of the molecule is COc1ccc(Br)cc1CN1CCCc2ccc(N)cc21. The van der Waals surface area contributed by atoms with E-state index in [1.165, 1.54) is 23.2 Å². The van der Waals surface area contributed by atoms with Crippen LogP contribution in [0.4, 0.5) is 11.4 Å². The molecule has 2 aromatic carbocycles. The summed E-state index contributed by atoms with van der Waals surface area (Å²) in [7, 11) is 1.72. The molecule has 2 N–H and O–H groups in total. The Balaban J connectivity index is 1.93. The number of nitrogens with two attached hydrogens (primary N) is 1. The molecule has 0 fully saturated rings. The van der Waals surface area contributed by atoms with Crippen LogP contribution in [0.15, 0.2) is 40.9 Å².